The molecule has 1 aromatic rings. The molecule has 0 aromatic heterocycles. The first-order valence-electron chi connectivity index (χ1n) is 7.52. The summed E-state index contributed by atoms with van der Waals surface area (Å²) in [5.41, 5.74) is 1.13. The second-order valence-electron chi connectivity index (χ2n) is 4.58. The second kappa shape index (κ2) is 14.5. The van der Waals surface area contributed by atoms with E-state index in [0.717, 1.165) is 23.8 Å². The van der Waals surface area contributed by atoms with Crippen molar-refractivity contribution >= 4 is 29.9 Å². The molecular formula is C16H28IN3O3. The van der Waals surface area contributed by atoms with Crippen LogP contribution in [0.5, 0.6) is 5.75 Å². The summed E-state index contributed by atoms with van der Waals surface area (Å²) >= 11 is 0. The molecule has 0 amide bonds. The average molecular weight is 437 g/mol. The van der Waals surface area contributed by atoms with Crippen molar-refractivity contribution in [3.8, 4) is 5.75 Å². The minimum absolute atomic E-state index is 0. The maximum absolute atomic E-state index is 5.41. The fourth-order valence-corrected chi connectivity index (χ4v) is 1.73. The molecule has 0 bridgehead atoms. The number of benzene rings is 1. The highest BCUT2D eigenvalue weighted by Crippen LogP contribution is 2.11. The fraction of sp³-hybridized carbons (Fsp3) is 0.562. The Kier molecular flexibility index (Phi) is 13.9. The van der Waals surface area contributed by atoms with Gasteiger partial charge in [0.25, 0.3) is 0 Å². The summed E-state index contributed by atoms with van der Waals surface area (Å²) in [6, 6.07) is 7.91. The Morgan fingerprint density at radius 3 is 2.39 bits per heavy atom. The zero-order valence-electron chi connectivity index (χ0n) is 14.1. The number of aliphatic imine (C=N–C) groups is 1. The third kappa shape index (κ3) is 10.4. The van der Waals surface area contributed by atoms with Gasteiger partial charge >= 0.3 is 0 Å². The van der Waals surface area contributed by atoms with Gasteiger partial charge in [0.1, 0.15) is 5.75 Å². The second-order valence-corrected chi connectivity index (χ2v) is 4.58. The van der Waals surface area contributed by atoms with Crippen LogP contribution in [0.25, 0.3) is 0 Å². The number of nitrogens with zero attached hydrogens (tertiary/aromatic N) is 1. The molecule has 0 spiro atoms. The quantitative estimate of drug-likeness (QED) is 0.254. The van der Waals surface area contributed by atoms with Gasteiger partial charge in [-0.3, -0.25) is 0 Å². The zero-order valence-corrected chi connectivity index (χ0v) is 16.5. The van der Waals surface area contributed by atoms with Crippen LogP contribution in [-0.4, -0.2) is 53.1 Å². The number of hydrogen-bond acceptors (Lipinski definition) is 4. The van der Waals surface area contributed by atoms with Gasteiger partial charge in [-0.25, -0.2) is 4.99 Å². The highest BCUT2D eigenvalue weighted by molar-refractivity contribution is 14.0. The summed E-state index contributed by atoms with van der Waals surface area (Å²) in [5.74, 6) is 1.64. The first-order valence-corrected chi connectivity index (χ1v) is 7.52. The standard InChI is InChI=1S/C16H27N3O3.HI/c1-4-17-16(18-9-10-22-12-11-20-2)19-13-14-5-7-15(21-3)8-6-14;/h5-8H,4,9-13H2,1-3H3,(H2,17,18,19);1H. The molecule has 0 fully saturated rings. The summed E-state index contributed by atoms with van der Waals surface area (Å²) in [5, 5.41) is 6.45. The van der Waals surface area contributed by atoms with Gasteiger partial charge in [-0.1, -0.05) is 12.1 Å². The van der Waals surface area contributed by atoms with Crippen molar-refractivity contribution < 1.29 is 14.2 Å². The average Bonchev–Trinajstić information content (AvgIpc) is 2.56. The summed E-state index contributed by atoms with van der Waals surface area (Å²) in [7, 11) is 3.33. The third-order valence-corrected chi connectivity index (χ3v) is 2.89. The highest BCUT2D eigenvalue weighted by atomic mass is 127. The zero-order chi connectivity index (χ0) is 16.0. The van der Waals surface area contributed by atoms with E-state index >= 15 is 0 Å². The van der Waals surface area contributed by atoms with Crippen LogP contribution in [-0.2, 0) is 16.0 Å². The molecular weight excluding hydrogens is 409 g/mol. The maximum atomic E-state index is 5.41. The van der Waals surface area contributed by atoms with Crippen molar-refractivity contribution in [1.29, 1.82) is 0 Å². The number of rotatable bonds is 10. The molecule has 7 heteroatoms. The Balaban J connectivity index is 0.00000484. The third-order valence-electron chi connectivity index (χ3n) is 2.89. The van der Waals surface area contributed by atoms with Crippen LogP contribution >= 0.6 is 24.0 Å². The van der Waals surface area contributed by atoms with Crippen LogP contribution < -0.4 is 15.4 Å². The first-order chi connectivity index (χ1) is 10.8. The molecule has 2 N–H and O–H groups in total. The van der Waals surface area contributed by atoms with Crippen LogP contribution in [0.4, 0.5) is 0 Å². The number of nitrogens with one attached hydrogen (secondary N) is 2. The topological polar surface area (TPSA) is 64.1 Å². The highest BCUT2D eigenvalue weighted by Gasteiger charge is 1.98. The number of hydrogen-bond donors (Lipinski definition) is 2. The Hall–Kier alpha value is -1.06. The number of halogens is 1. The smallest absolute Gasteiger partial charge is 0.191 e. The lowest BCUT2D eigenvalue weighted by Crippen LogP contribution is -2.39. The molecule has 0 saturated heterocycles. The molecule has 1 rings (SSSR count). The van der Waals surface area contributed by atoms with Gasteiger partial charge in [0.2, 0.25) is 0 Å². The van der Waals surface area contributed by atoms with E-state index < -0.39 is 0 Å². The Morgan fingerprint density at radius 2 is 1.78 bits per heavy atom. The molecule has 0 unspecified atom stereocenters. The normalized spacial score (nSPS) is 10.8. The van der Waals surface area contributed by atoms with E-state index in [9.17, 15) is 0 Å². The van der Waals surface area contributed by atoms with Crippen molar-refractivity contribution in [2.45, 2.75) is 13.5 Å². The molecule has 0 aliphatic rings. The van der Waals surface area contributed by atoms with Gasteiger partial charge in [-0.2, -0.15) is 0 Å². The maximum Gasteiger partial charge on any atom is 0.191 e. The van der Waals surface area contributed by atoms with Crippen molar-refractivity contribution in [1.82, 2.24) is 10.6 Å². The predicted molar refractivity (Wildman–Crippen MR) is 104 cm³/mol. The lowest BCUT2D eigenvalue weighted by Gasteiger charge is -2.11. The molecule has 0 aliphatic heterocycles. The van der Waals surface area contributed by atoms with Gasteiger partial charge in [0, 0.05) is 20.2 Å². The molecule has 0 radical (unpaired) electrons. The van der Waals surface area contributed by atoms with Crippen molar-refractivity contribution in [2.24, 2.45) is 4.99 Å². The lowest BCUT2D eigenvalue weighted by atomic mass is 10.2. The van der Waals surface area contributed by atoms with E-state index in [1.165, 1.54) is 0 Å². The summed E-state index contributed by atoms with van der Waals surface area (Å²) in [4.78, 5) is 4.55. The molecule has 0 heterocycles. The van der Waals surface area contributed by atoms with Crippen molar-refractivity contribution in [3.05, 3.63) is 29.8 Å². The first kappa shape index (κ1) is 21.9. The molecule has 132 valence electrons. The van der Waals surface area contributed by atoms with Crippen molar-refractivity contribution in [3.63, 3.8) is 0 Å². The molecule has 1 aromatic carbocycles. The van der Waals surface area contributed by atoms with Gasteiger partial charge in [0.15, 0.2) is 5.96 Å². The van der Waals surface area contributed by atoms with Gasteiger partial charge in [-0.05, 0) is 24.6 Å². The molecule has 23 heavy (non-hydrogen) atoms. The number of methoxy groups -OCH3 is 2. The van der Waals surface area contributed by atoms with Crippen molar-refractivity contribution in [2.75, 3.05) is 47.1 Å². The van der Waals surface area contributed by atoms with Crippen LogP contribution in [0.15, 0.2) is 29.3 Å². The Morgan fingerprint density at radius 1 is 1.04 bits per heavy atom. The van der Waals surface area contributed by atoms with E-state index in [0.29, 0.717) is 32.9 Å². The van der Waals surface area contributed by atoms with E-state index in [4.69, 9.17) is 14.2 Å². The lowest BCUT2D eigenvalue weighted by molar-refractivity contribution is 0.0733. The van der Waals surface area contributed by atoms with Gasteiger partial charge in [-0.15, -0.1) is 24.0 Å². The summed E-state index contributed by atoms with van der Waals surface area (Å²) in [6.07, 6.45) is 0. The summed E-state index contributed by atoms with van der Waals surface area (Å²) < 4.78 is 15.5. The van der Waals surface area contributed by atoms with Crippen LogP contribution in [0, 0.1) is 0 Å². The minimum Gasteiger partial charge on any atom is -0.497 e. The van der Waals surface area contributed by atoms with Crippen LogP contribution in [0.2, 0.25) is 0 Å². The van der Waals surface area contributed by atoms with E-state index in [-0.39, 0.29) is 24.0 Å². The fourth-order valence-electron chi connectivity index (χ4n) is 1.73. The molecule has 0 atom stereocenters. The monoisotopic (exact) mass is 437 g/mol. The Labute approximate surface area is 156 Å². The Bertz CT molecular complexity index is 427. The van der Waals surface area contributed by atoms with Gasteiger partial charge < -0.3 is 24.8 Å². The predicted octanol–water partition coefficient (Wildman–Crippen LogP) is 2.03. The molecule has 0 aliphatic carbocycles. The van der Waals surface area contributed by atoms with Crippen LogP contribution in [0.3, 0.4) is 0 Å². The minimum atomic E-state index is 0. The SMILES string of the molecule is CCNC(=NCc1ccc(OC)cc1)NCCOCCOC.I. The number of ether oxygens (including phenoxy) is 3. The molecule has 0 saturated carbocycles. The van der Waals surface area contributed by atoms with E-state index in [2.05, 4.69) is 15.6 Å². The van der Waals surface area contributed by atoms with Gasteiger partial charge in [0.05, 0.1) is 33.5 Å². The van der Waals surface area contributed by atoms with E-state index in [1.807, 2.05) is 31.2 Å². The van der Waals surface area contributed by atoms with E-state index in [1.54, 1.807) is 14.2 Å². The largest absolute Gasteiger partial charge is 0.497 e. The molecule has 6 nitrogen and oxygen atoms in total. The summed E-state index contributed by atoms with van der Waals surface area (Å²) in [6.45, 7) is 6.03. The number of guanidine groups is 1. The van der Waals surface area contributed by atoms with Crippen LogP contribution in [0.1, 0.15) is 12.5 Å².